The van der Waals surface area contributed by atoms with Crippen molar-refractivity contribution in [3.63, 3.8) is 0 Å². The highest BCUT2D eigenvalue weighted by Crippen LogP contribution is 2.27. The number of hydrogen-bond acceptors (Lipinski definition) is 4. The summed E-state index contributed by atoms with van der Waals surface area (Å²) in [5, 5.41) is 12.0. The van der Waals surface area contributed by atoms with Gasteiger partial charge in [-0.3, -0.25) is 4.40 Å². The molecule has 20 heavy (non-hydrogen) atoms. The van der Waals surface area contributed by atoms with Crippen LogP contribution in [0, 0.1) is 0 Å². The molecule has 0 radical (unpaired) electrons. The number of rotatable bonds is 5. The van der Waals surface area contributed by atoms with E-state index in [0.717, 1.165) is 22.0 Å². The summed E-state index contributed by atoms with van der Waals surface area (Å²) in [6.45, 7) is 2.35. The van der Waals surface area contributed by atoms with Crippen LogP contribution in [-0.4, -0.2) is 14.5 Å². The van der Waals surface area contributed by atoms with Crippen LogP contribution in [-0.2, 0) is 6.61 Å². The molecule has 0 saturated carbocycles. The summed E-state index contributed by atoms with van der Waals surface area (Å²) in [6.07, 6.45) is 4.12. The van der Waals surface area contributed by atoms with E-state index in [9.17, 15) is 5.11 Å². The van der Waals surface area contributed by atoms with Crippen LogP contribution < -0.4 is 4.74 Å². The molecule has 104 valence electrons. The number of thiazole rings is 1. The summed E-state index contributed by atoms with van der Waals surface area (Å²) in [7, 11) is 0. The fraction of sp³-hybridized carbons (Fsp3) is 0.267. The Morgan fingerprint density at radius 3 is 3.05 bits per heavy atom. The van der Waals surface area contributed by atoms with Crippen molar-refractivity contribution in [3.05, 3.63) is 53.3 Å². The number of imidazole rings is 1. The third-order valence-electron chi connectivity index (χ3n) is 3.18. The van der Waals surface area contributed by atoms with E-state index in [4.69, 9.17) is 4.74 Å². The lowest BCUT2D eigenvalue weighted by Crippen LogP contribution is -2.02. The lowest BCUT2D eigenvalue weighted by atomic mass is 10.1. The predicted octanol–water partition coefficient (Wildman–Crippen LogP) is 3.42. The number of hydrogen-bond donors (Lipinski definition) is 1. The van der Waals surface area contributed by atoms with Crippen molar-refractivity contribution in [2.24, 2.45) is 0 Å². The number of aliphatic hydroxyl groups excluding tert-OH is 1. The van der Waals surface area contributed by atoms with Gasteiger partial charge in [0.2, 0.25) is 0 Å². The average molecular weight is 288 g/mol. The molecule has 1 atom stereocenters. The normalized spacial score (nSPS) is 12.7. The second-order valence-electron chi connectivity index (χ2n) is 4.58. The van der Waals surface area contributed by atoms with Gasteiger partial charge in [0.25, 0.3) is 0 Å². The minimum Gasteiger partial charge on any atom is -0.487 e. The molecule has 0 unspecified atom stereocenters. The zero-order valence-corrected chi connectivity index (χ0v) is 12.0. The van der Waals surface area contributed by atoms with Crippen LogP contribution in [0.3, 0.4) is 0 Å². The second kappa shape index (κ2) is 5.64. The van der Waals surface area contributed by atoms with Crippen molar-refractivity contribution < 1.29 is 9.84 Å². The quantitative estimate of drug-likeness (QED) is 0.782. The molecule has 0 aliphatic rings. The maximum absolute atomic E-state index is 9.99. The van der Waals surface area contributed by atoms with E-state index in [-0.39, 0.29) is 0 Å². The van der Waals surface area contributed by atoms with Gasteiger partial charge in [-0.15, -0.1) is 11.3 Å². The average Bonchev–Trinajstić information content (AvgIpc) is 3.05. The van der Waals surface area contributed by atoms with E-state index in [0.29, 0.717) is 13.0 Å². The first-order chi connectivity index (χ1) is 9.78. The summed E-state index contributed by atoms with van der Waals surface area (Å²) in [5.74, 6) is 0.721. The third kappa shape index (κ3) is 2.55. The van der Waals surface area contributed by atoms with Crippen molar-refractivity contribution in [1.29, 1.82) is 0 Å². The molecule has 0 aliphatic heterocycles. The predicted molar refractivity (Wildman–Crippen MR) is 79.1 cm³/mol. The molecule has 4 nitrogen and oxygen atoms in total. The number of aromatic nitrogens is 2. The molecule has 2 aromatic heterocycles. The van der Waals surface area contributed by atoms with E-state index in [1.165, 1.54) is 0 Å². The van der Waals surface area contributed by atoms with Gasteiger partial charge in [-0.1, -0.05) is 25.1 Å². The Balaban J connectivity index is 1.76. The lowest BCUT2D eigenvalue weighted by Gasteiger charge is -2.14. The van der Waals surface area contributed by atoms with Crippen molar-refractivity contribution in [2.45, 2.75) is 26.1 Å². The van der Waals surface area contributed by atoms with Gasteiger partial charge in [0.1, 0.15) is 12.4 Å². The van der Waals surface area contributed by atoms with E-state index < -0.39 is 6.10 Å². The zero-order valence-electron chi connectivity index (χ0n) is 11.2. The summed E-state index contributed by atoms with van der Waals surface area (Å²) in [4.78, 5) is 5.44. The SMILES string of the molecule is CC[C@H](O)c1ccccc1OCc1cn2ccsc2n1. The van der Waals surface area contributed by atoms with Crippen molar-refractivity contribution in [2.75, 3.05) is 0 Å². The van der Waals surface area contributed by atoms with Gasteiger partial charge in [0.15, 0.2) is 4.96 Å². The van der Waals surface area contributed by atoms with Gasteiger partial charge in [-0.05, 0) is 12.5 Å². The highest BCUT2D eigenvalue weighted by molar-refractivity contribution is 7.15. The van der Waals surface area contributed by atoms with Gasteiger partial charge in [-0.2, -0.15) is 0 Å². The zero-order chi connectivity index (χ0) is 13.9. The number of para-hydroxylation sites is 1. The summed E-state index contributed by atoms with van der Waals surface area (Å²) in [5.41, 5.74) is 1.72. The molecule has 0 fully saturated rings. The molecule has 3 aromatic rings. The minimum absolute atomic E-state index is 0.405. The van der Waals surface area contributed by atoms with Crippen molar-refractivity contribution in [3.8, 4) is 5.75 Å². The standard InChI is InChI=1S/C15H16N2O2S/c1-2-13(18)12-5-3-4-6-14(12)19-10-11-9-17-7-8-20-15(17)16-11/h3-9,13,18H,2,10H2,1H3/t13-/m0/s1. The number of ether oxygens (including phenoxy) is 1. The third-order valence-corrected chi connectivity index (χ3v) is 3.95. The Bertz CT molecular complexity index is 676. The second-order valence-corrected chi connectivity index (χ2v) is 5.45. The van der Waals surface area contributed by atoms with Gasteiger partial charge < -0.3 is 9.84 Å². The molecular weight excluding hydrogens is 272 g/mol. The molecule has 3 rings (SSSR count). The highest BCUT2D eigenvalue weighted by atomic mass is 32.1. The van der Waals surface area contributed by atoms with E-state index in [1.807, 2.05) is 53.4 Å². The topological polar surface area (TPSA) is 46.8 Å². The van der Waals surface area contributed by atoms with Crippen LogP contribution in [0.5, 0.6) is 5.75 Å². The molecule has 0 amide bonds. The summed E-state index contributed by atoms with van der Waals surface area (Å²) < 4.78 is 7.80. The smallest absolute Gasteiger partial charge is 0.193 e. The maximum atomic E-state index is 9.99. The van der Waals surface area contributed by atoms with Crippen LogP contribution >= 0.6 is 11.3 Å². The first kappa shape index (κ1) is 13.1. The van der Waals surface area contributed by atoms with Gasteiger partial charge >= 0.3 is 0 Å². The molecule has 0 bridgehead atoms. The van der Waals surface area contributed by atoms with Crippen LogP contribution in [0.15, 0.2) is 42.0 Å². The van der Waals surface area contributed by atoms with Crippen LogP contribution in [0.1, 0.15) is 30.7 Å². The van der Waals surface area contributed by atoms with Gasteiger partial charge in [-0.25, -0.2) is 4.98 Å². The number of aliphatic hydroxyl groups is 1. The number of fused-ring (bicyclic) bond motifs is 1. The lowest BCUT2D eigenvalue weighted by molar-refractivity contribution is 0.166. The molecule has 0 aliphatic carbocycles. The first-order valence-electron chi connectivity index (χ1n) is 6.58. The molecular formula is C15H16N2O2S. The molecule has 5 heteroatoms. The number of nitrogens with zero attached hydrogens (tertiary/aromatic N) is 2. The van der Waals surface area contributed by atoms with Crippen LogP contribution in [0.25, 0.3) is 4.96 Å². The first-order valence-corrected chi connectivity index (χ1v) is 7.46. The monoisotopic (exact) mass is 288 g/mol. The van der Waals surface area contributed by atoms with Gasteiger partial charge in [0.05, 0.1) is 11.8 Å². The van der Waals surface area contributed by atoms with Gasteiger partial charge in [0, 0.05) is 23.3 Å². The Morgan fingerprint density at radius 2 is 2.25 bits per heavy atom. The summed E-state index contributed by atoms with van der Waals surface area (Å²) in [6, 6.07) is 7.60. The van der Waals surface area contributed by atoms with E-state index >= 15 is 0 Å². The fourth-order valence-corrected chi connectivity index (χ4v) is 2.82. The van der Waals surface area contributed by atoms with E-state index in [1.54, 1.807) is 11.3 Å². The largest absolute Gasteiger partial charge is 0.487 e. The minimum atomic E-state index is -0.489. The Labute approximate surface area is 121 Å². The summed E-state index contributed by atoms with van der Waals surface area (Å²) >= 11 is 1.60. The van der Waals surface area contributed by atoms with Crippen LogP contribution in [0.2, 0.25) is 0 Å². The van der Waals surface area contributed by atoms with Crippen molar-refractivity contribution >= 4 is 16.3 Å². The molecule has 2 heterocycles. The number of benzene rings is 1. The Hall–Kier alpha value is -1.85. The molecule has 1 aromatic carbocycles. The fourth-order valence-electron chi connectivity index (χ4n) is 2.10. The van der Waals surface area contributed by atoms with Crippen LogP contribution in [0.4, 0.5) is 0 Å². The maximum Gasteiger partial charge on any atom is 0.193 e. The molecule has 0 spiro atoms. The molecule has 0 saturated heterocycles. The van der Waals surface area contributed by atoms with E-state index in [2.05, 4.69) is 4.98 Å². The highest BCUT2D eigenvalue weighted by Gasteiger charge is 2.11. The Morgan fingerprint density at radius 1 is 1.40 bits per heavy atom. The Kier molecular flexibility index (Phi) is 3.71. The molecule has 1 N–H and O–H groups in total. The van der Waals surface area contributed by atoms with Crippen molar-refractivity contribution in [1.82, 2.24) is 9.38 Å².